The van der Waals surface area contributed by atoms with E-state index in [1.165, 1.54) is 24.5 Å². The lowest BCUT2D eigenvalue weighted by molar-refractivity contribution is 0.0699. The number of carboxylic acids is 1. The number of carboxylic acid groups (broad SMARTS) is 1. The van der Waals surface area contributed by atoms with Crippen LogP contribution in [0.25, 0.3) is 22.2 Å². The quantitative estimate of drug-likeness (QED) is 0.721. The summed E-state index contributed by atoms with van der Waals surface area (Å²) in [7, 11) is 1.52. The Bertz CT molecular complexity index is 892. The van der Waals surface area contributed by atoms with Crippen molar-refractivity contribution in [1.82, 2.24) is 4.98 Å². The van der Waals surface area contributed by atoms with Crippen molar-refractivity contribution < 1.29 is 14.6 Å². The number of pyridine rings is 1. The van der Waals surface area contributed by atoms with Gasteiger partial charge in [-0.25, -0.2) is 9.78 Å². The van der Waals surface area contributed by atoms with Crippen LogP contribution in [-0.2, 0) is 0 Å². The zero-order valence-electron chi connectivity index (χ0n) is 11.3. The normalized spacial score (nSPS) is 10.9. The molecule has 0 bridgehead atoms. The Hall–Kier alpha value is -1.82. The summed E-state index contributed by atoms with van der Waals surface area (Å²) in [5.74, 6) is -0.472. The zero-order chi connectivity index (χ0) is 15.9. The Morgan fingerprint density at radius 3 is 2.64 bits per heavy atom. The highest BCUT2D eigenvalue weighted by molar-refractivity contribution is 7.20. The number of nitrogens with zero attached hydrogens (tertiary/aromatic N) is 1. The highest BCUT2D eigenvalue weighted by atomic mass is 35.5. The molecule has 0 aliphatic heterocycles. The van der Waals surface area contributed by atoms with Gasteiger partial charge in [-0.05, 0) is 30.3 Å². The molecule has 0 saturated carbocycles. The maximum Gasteiger partial charge on any atom is 0.336 e. The summed E-state index contributed by atoms with van der Waals surface area (Å²) in [5, 5.41) is 9.97. The Morgan fingerprint density at radius 2 is 2.05 bits per heavy atom. The highest BCUT2D eigenvalue weighted by Gasteiger charge is 2.16. The van der Waals surface area contributed by atoms with Crippen LogP contribution in [0.1, 0.15) is 10.4 Å². The van der Waals surface area contributed by atoms with Crippen molar-refractivity contribution in [3.8, 4) is 17.0 Å². The minimum absolute atomic E-state index is 0.136. The van der Waals surface area contributed by atoms with E-state index < -0.39 is 5.97 Å². The number of carbonyl (C=O) groups is 1. The maximum absolute atomic E-state index is 11.6. The van der Waals surface area contributed by atoms with Crippen LogP contribution in [-0.4, -0.2) is 23.2 Å². The molecule has 0 amide bonds. The van der Waals surface area contributed by atoms with Crippen LogP contribution in [0.3, 0.4) is 0 Å². The van der Waals surface area contributed by atoms with Crippen LogP contribution in [0.4, 0.5) is 0 Å². The van der Waals surface area contributed by atoms with Gasteiger partial charge in [-0.2, -0.15) is 0 Å². The first kappa shape index (κ1) is 15.1. The summed E-state index contributed by atoms with van der Waals surface area (Å²) >= 11 is 13.3. The number of rotatable bonds is 3. The van der Waals surface area contributed by atoms with E-state index in [4.69, 9.17) is 27.9 Å². The number of halogens is 2. The predicted octanol–water partition coefficient (Wildman–Crippen LogP) is 4.98. The van der Waals surface area contributed by atoms with E-state index in [-0.39, 0.29) is 5.56 Å². The third-order valence-electron chi connectivity index (χ3n) is 3.18. The molecule has 0 radical (unpaired) electrons. The maximum atomic E-state index is 11.6. The van der Waals surface area contributed by atoms with E-state index in [9.17, 15) is 9.90 Å². The van der Waals surface area contributed by atoms with Crippen molar-refractivity contribution in [2.45, 2.75) is 0 Å². The number of aromatic carboxylic acids is 1. The minimum atomic E-state index is -1.04. The molecule has 3 rings (SSSR count). The summed E-state index contributed by atoms with van der Waals surface area (Å²) in [4.78, 5) is 16.0. The van der Waals surface area contributed by atoms with Gasteiger partial charge in [0.2, 0.25) is 0 Å². The van der Waals surface area contributed by atoms with E-state index in [1.54, 1.807) is 24.3 Å². The van der Waals surface area contributed by atoms with Crippen LogP contribution < -0.4 is 4.74 Å². The van der Waals surface area contributed by atoms with Gasteiger partial charge >= 0.3 is 5.97 Å². The molecule has 0 atom stereocenters. The summed E-state index contributed by atoms with van der Waals surface area (Å²) in [5.41, 5.74) is 1.78. The molecule has 0 fully saturated rings. The van der Waals surface area contributed by atoms with Crippen LogP contribution in [0, 0.1) is 0 Å². The third kappa shape index (κ3) is 2.63. The lowest BCUT2D eigenvalue weighted by Gasteiger charge is -2.08. The van der Waals surface area contributed by atoms with Gasteiger partial charge in [0.15, 0.2) is 0 Å². The molecule has 0 aliphatic carbocycles. The Labute approximate surface area is 139 Å². The molecule has 0 aliphatic rings. The molecule has 3 aromatic rings. The second-order valence-corrected chi connectivity index (χ2v) is 6.77. The van der Waals surface area contributed by atoms with Gasteiger partial charge in [-0.3, -0.25) is 0 Å². The fourth-order valence-electron chi connectivity index (χ4n) is 2.16. The zero-order valence-corrected chi connectivity index (χ0v) is 13.6. The largest absolute Gasteiger partial charge is 0.497 e. The second kappa shape index (κ2) is 5.76. The van der Waals surface area contributed by atoms with Crippen molar-refractivity contribution in [3.05, 3.63) is 44.6 Å². The molecule has 0 spiro atoms. The molecule has 112 valence electrons. The van der Waals surface area contributed by atoms with Crippen molar-refractivity contribution >= 4 is 51.4 Å². The highest BCUT2D eigenvalue weighted by Crippen LogP contribution is 2.38. The number of aromatic nitrogens is 1. The molecular weight excluding hydrogens is 345 g/mol. The minimum Gasteiger partial charge on any atom is -0.497 e. The number of fused-ring (bicyclic) bond motifs is 1. The van der Waals surface area contributed by atoms with Gasteiger partial charge in [-0.1, -0.05) is 23.2 Å². The molecule has 0 saturated heterocycles. The molecular formula is C15H9Cl2NO3S. The van der Waals surface area contributed by atoms with Gasteiger partial charge in [-0.15, -0.1) is 11.3 Å². The number of thiophene rings is 1. The van der Waals surface area contributed by atoms with Gasteiger partial charge in [0.05, 0.1) is 28.2 Å². The second-order valence-electron chi connectivity index (χ2n) is 4.48. The Balaban J connectivity index is 2.30. The van der Waals surface area contributed by atoms with E-state index in [0.717, 1.165) is 0 Å². The number of methoxy groups -OCH3 is 1. The van der Waals surface area contributed by atoms with Crippen molar-refractivity contribution in [2.75, 3.05) is 7.11 Å². The molecule has 22 heavy (non-hydrogen) atoms. The van der Waals surface area contributed by atoms with Crippen LogP contribution >= 0.6 is 34.5 Å². The number of hydrogen-bond acceptors (Lipinski definition) is 4. The molecule has 0 unspecified atom stereocenters. The Morgan fingerprint density at radius 1 is 1.27 bits per heavy atom. The van der Waals surface area contributed by atoms with Gasteiger partial charge < -0.3 is 9.84 Å². The third-order valence-corrected chi connectivity index (χ3v) is 4.67. The number of hydrogen-bond donors (Lipinski definition) is 1. The molecule has 1 aromatic carbocycles. The molecule has 2 heterocycles. The molecule has 4 nitrogen and oxygen atoms in total. The first-order chi connectivity index (χ1) is 10.5. The topological polar surface area (TPSA) is 59.4 Å². The first-order valence-electron chi connectivity index (χ1n) is 6.17. The summed E-state index contributed by atoms with van der Waals surface area (Å²) in [6, 6.07) is 8.27. The average molecular weight is 354 g/mol. The van der Waals surface area contributed by atoms with Crippen LogP contribution in [0.5, 0.6) is 5.75 Å². The van der Waals surface area contributed by atoms with Crippen LogP contribution in [0.15, 0.2) is 30.3 Å². The molecule has 2 aromatic heterocycles. The van der Waals surface area contributed by atoms with Crippen molar-refractivity contribution in [3.63, 3.8) is 0 Å². The van der Waals surface area contributed by atoms with E-state index in [1.807, 2.05) is 0 Å². The fraction of sp³-hybridized carbons (Fsp3) is 0.0667. The van der Waals surface area contributed by atoms with Gasteiger partial charge in [0.25, 0.3) is 0 Å². The van der Waals surface area contributed by atoms with Crippen LogP contribution in [0.2, 0.25) is 8.67 Å². The lowest BCUT2D eigenvalue weighted by atomic mass is 10.1. The average Bonchev–Trinajstić information content (AvgIpc) is 2.84. The Kier molecular flexibility index (Phi) is 3.95. The summed E-state index contributed by atoms with van der Waals surface area (Å²) < 4.78 is 6.13. The van der Waals surface area contributed by atoms with Crippen molar-refractivity contribution in [2.24, 2.45) is 0 Å². The van der Waals surface area contributed by atoms with Crippen molar-refractivity contribution in [1.29, 1.82) is 0 Å². The number of ether oxygens (including phenoxy) is 1. The standard InChI is InChI=1S/C15H9Cl2NO3S/c1-21-7-2-3-11-8(4-7)9(15(19)20)5-12(18-11)10-6-13(16)22-14(10)17/h2-6H,1H3,(H,19,20). The van der Waals surface area contributed by atoms with Gasteiger partial charge in [0, 0.05) is 10.9 Å². The SMILES string of the molecule is COc1ccc2nc(-c3cc(Cl)sc3Cl)cc(C(=O)O)c2c1. The molecule has 1 N–H and O–H groups in total. The number of benzene rings is 1. The predicted molar refractivity (Wildman–Crippen MR) is 88.6 cm³/mol. The van der Waals surface area contributed by atoms with E-state index in [0.29, 0.717) is 36.6 Å². The summed E-state index contributed by atoms with van der Waals surface area (Å²) in [6.45, 7) is 0. The first-order valence-corrected chi connectivity index (χ1v) is 7.74. The molecule has 7 heteroatoms. The summed E-state index contributed by atoms with van der Waals surface area (Å²) in [6.07, 6.45) is 0. The van der Waals surface area contributed by atoms with E-state index >= 15 is 0 Å². The monoisotopic (exact) mass is 353 g/mol. The van der Waals surface area contributed by atoms with Gasteiger partial charge in [0.1, 0.15) is 10.1 Å². The smallest absolute Gasteiger partial charge is 0.336 e. The van der Waals surface area contributed by atoms with E-state index in [2.05, 4.69) is 4.98 Å². The lowest BCUT2D eigenvalue weighted by Crippen LogP contribution is -2.00. The fourth-order valence-corrected chi connectivity index (χ4v) is 3.64.